The van der Waals surface area contributed by atoms with Crippen LogP contribution < -0.4 is 0 Å². The molecule has 1 atom stereocenters. The second kappa shape index (κ2) is 11.3. The predicted octanol–water partition coefficient (Wildman–Crippen LogP) is 11.0. The van der Waals surface area contributed by atoms with Gasteiger partial charge < -0.3 is 4.42 Å². The average Bonchev–Trinajstić information content (AvgIpc) is 3.54. The van der Waals surface area contributed by atoms with Crippen molar-refractivity contribution in [1.82, 2.24) is 15.0 Å². The van der Waals surface area contributed by atoms with Crippen LogP contribution in [0.5, 0.6) is 0 Å². The molecule has 0 saturated heterocycles. The summed E-state index contributed by atoms with van der Waals surface area (Å²) in [5, 5.41) is 2.05. The Hall–Kier alpha value is -6.13. The monoisotopic (exact) mass is 603 g/mol. The van der Waals surface area contributed by atoms with E-state index in [1.165, 1.54) is 16.7 Å². The Morgan fingerprint density at radius 1 is 0.468 bits per heavy atom. The summed E-state index contributed by atoms with van der Waals surface area (Å²) in [6, 6.07) is 50.3. The lowest BCUT2D eigenvalue weighted by molar-refractivity contribution is 0.669. The van der Waals surface area contributed by atoms with Gasteiger partial charge >= 0.3 is 0 Å². The Balaban J connectivity index is 1.21. The zero-order valence-electron chi connectivity index (χ0n) is 25.5. The average molecular weight is 604 g/mol. The molecule has 8 aromatic rings. The molecule has 6 aromatic carbocycles. The second-order valence-corrected chi connectivity index (χ2v) is 11.9. The zero-order valence-corrected chi connectivity index (χ0v) is 25.5. The summed E-state index contributed by atoms with van der Waals surface area (Å²) in [6.45, 7) is 0. The van der Waals surface area contributed by atoms with Gasteiger partial charge in [0.1, 0.15) is 11.2 Å². The minimum absolute atomic E-state index is 0.324. The van der Waals surface area contributed by atoms with E-state index < -0.39 is 0 Å². The molecule has 0 bridgehead atoms. The van der Waals surface area contributed by atoms with Gasteiger partial charge in [-0.25, -0.2) is 15.0 Å². The summed E-state index contributed by atoms with van der Waals surface area (Å²) in [6.07, 6.45) is 5.48. The van der Waals surface area contributed by atoms with Crippen molar-refractivity contribution in [3.05, 3.63) is 168 Å². The number of nitrogens with zero attached hydrogens (tertiary/aromatic N) is 3. The Morgan fingerprint density at radius 2 is 1.04 bits per heavy atom. The molecule has 4 heteroatoms. The fraction of sp³-hybridized carbons (Fsp3) is 0.0465. The standard InChI is InChI=1S/C43H29N3O/c1-3-12-29(13-4-1)35-20-10-22-37-39(35)40-36(21-11-23-38(40)47-37)43-45-41(31-15-5-2-6-16-31)44-42(46-43)32-26-24-30(25-27-32)34-19-9-17-28-14-7-8-18-33(28)34/h1-18,20-27,34H,19H2. The third kappa shape index (κ3) is 4.82. The predicted molar refractivity (Wildman–Crippen MR) is 191 cm³/mol. The topological polar surface area (TPSA) is 51.8 Å². The SMILES string of the molecule is C1=Cc2ccccc2C(c2ccc(-c3nc(-c4ccccc4)nc(-c4cccc5oc6cccc(-c7ccccc7)c6c45)n3)cc2)C1. The highest BCUT2D eigenvalue weighted by atomic mass is 16.3. The van der Waals surface area contributed by atoms with Gasteiger partial charge in [0.2, 0.25) is 0 Å². The number of aromatic nitrogens is 3. The van der Waals surface area contributed by atoms with E-state index in [0.29, 0.717) is 23.4 Å². The summed E-state index contributed by atoms with van der Waals surface area (Å²) in [5.74, 6) is 2.21. The number of furan rings is 1. The molecule has 0 amide bonds. The first kappa shape index (κ1) is 27.2. The first-order valence-corrected chi connectivity index (χ1v) is 16.0. The van der Waals surface area contributed by atoms with Crippen LogP contribution in [0.3, 0.4) is 0 Å². The van der Waals surface area contributed by atoms with Crippen molar-refractivity contribution in [1.29, 1.82) is 0 Å². The Morgan fingerprint density at radius 3 is 1.77 bits per heavy atom. The number of hydrogen-bond acceptors (Lipinski definition) is 4. The molecule has 0 spiro atoms. The van der Waals surface area contributed by atoms with E-state index in [2.05, 4.69) is 97.1 Å². The van der Waals surface area contributed by atoms with Crippen molar-refractivity contribution in [2.24, 2.45) is 0 Å². The highest BCUT2D eigenvalue weighted by Crippen LogP contribution is 2.41. The van der Waals surface area contributed by atoms with E-state index in [1.807, 2.05) is 60.7 Å². The molecule has 0 radical (unpaired) electrons. The summed E-state index contributed by atoms with van der Waals surface area (Å²) in [4.78, 5) is 15.2. The first-order chi connectivity index (χ1) is 23.3. The fourth-order valence-electron chi connectivity index (χ4n) is 6.87. The van der Waals surface area contributed by atoms with Gasteiger partial charge in [-0.2, -0.15) is 0 Å². The lowest BCUT2D eigenvalue weighted by Gasteiger charge is -2.22. The van der Waals surface area contributed by atoms with E-state index in [1.54, 1.807) is 0 Å². The Labute approximate surface area is 272 Å². The van der Waals surface area contributed by atoms with Crippen molar-refractivity contribution in [2.75, 3.05) is 0 Å². The summed E-state index contributed by atoms with van der Waals surface area (Å²) in [5.41, 5.74) is 10.6. The largest absolute Gasteiger partial charge is 0.456 e. The minimum Gasteiger partial charge on any atom is -0.456 e. The van der Waals surface area contributed by atoms with Gasteiger partial charge in [0.25, 0.3) is 0 Å². The van der Waals surface area contributed by atoms with Crippen LogP contribution in [0, 0.1) is 0 Å². The van der Waals surface area contributed by atoms with E-state index in [4.69, 9.17) is 19.4 Å². The molecule has 2 aromatic heterocycles. The van der Waals surface area contributed by atoms with Crippen LogP contribution in [0.2, 0.25) is 0 Å². The van der Waals surface area contributed by atoms with Gasteiger partial charge in [-0.05, 0) is 46.4 Å². The summed E-state index contributed by atoms with van der Waals surface area (Å²) in [7, 11) is 0. The van der Waals surface area contributed by atoms with Gasteiger partial charge in [-0.1, -0.05) is 146 Å². The lowest BCUT2D eigenvalue weighted by Crippen LogP contribution is -2.05. The van der Waals surface area contributed by atoms with Gasteiger partial charge in [-0.3, -0.25) is 0 Å². The van der Waals surface area contributed by atoms with Crippen molar-refractivity contribution >= 4 is 28.0 Å². The number of rotatable bonds is 5. The van der Waals surface area contributed by atoms with Crippen LogP contribution in [0.15, 0.2) is 156 Å². The van der Waals surface area contributed by atoms with Crippen molar-refractivity contribution in [3.8, 4) is 45.3 Å². The molecule has 1 aliphatic rings. The highest BCUT2D eigenvalue weighted by Gasteiger charge is 2.21. The molecule has 1 aliphatic carbocycles. The van der Waals surface area contributed by atoms with Crippen molar-refractivity contribution < 1.29 is 4.42 Å². The van der Waals surface area contributed by atoms with E-state index in [-0.39, 0.29) is 0 Å². The van der Waals surface area contributed by atoms with Crippen LogP contribution in [0.1, 0.15) is 29.0 Å². The number of hydrogen-bond donors (Lipinski definition) is 0. The Kier molecular flexibility index (Phi) is 6.57. The van der Waals surface area contributed by atoms with Gasteiger partial charge in [0.15, 0.2) is 17.5 Å². The quantitative estimate of drug-likeness (QED) is 0.196. The molecule has 0 fully saturated rings. The maximum atomic E-state index is 6.43. The molecule has 0 saturated carbocycles. The highest BCUT2D eigenvalue weighted by molar-refractivity contribution is 6.17. The lowest BCUT2D eigenvalue weighted by atomic mass is 9.82. The van der Waals surface area contributed by atoms with Crippen LogP contribution >= 0.6 is 0 Å². The molecular weight excluding hydrogens is 574 g/mol. The molecular formula is C43H29N3O. The molecule has 4 nitrogen and oxygen atoms in total. The van der Waals surface area contributed by atoms with Crippen molar-refractivity contribution in [3.63, 3.8) is 0 Å². The van der Waals surface area contributed by atoms with Gasteiger partial charge in [-0.15, -0.1) is 0 Å². The van der Waals surface area contributed by atoms with Crippen LogP contribution in [0.4, 0.5) is 0 Å². The molecule has 0 aliphatic heterocycles. The minimum atomic E-state index is 0.324. The molecule has 2 heterocycles. The van der Waals surface area contributed by atoms with Crippen LogP contribution in [0.25, 0.3) is 73.3 Å². The van der Waals surface area contributed by atoms with Crippen LogP contribution in [-0.2, 0) is 0 Å². The maximum absolute atomic E-state index is 6.43. The third-order valence-corrected chi connectivity index (χ3v) is 9.13. The third-order valence-electron chi connectivity index (χ3n) is 9.13. The summed E-state index contributed by atoms with van der Waals surface area (Å²) < 4.78 is 6.43. The van der Waals surface area contributed by atoms with Gasteiger partial charge in [0, 0.05) is 33.4 Å². The zero-order chi connectivity index (χ0) is 31.2. The Bertz CT molecular complexity index is 2430. The van der Waals surface area contributed by atoms with E-state index >= 15 is 0 Å². The normalized spacial score (nSPS) is 14.0. The first-order valence-electron chi connectivity index (χ1n) is 16.0. The number of fused-ring (bicyclic) bond motifs is 4. The number of benzene rings is 6. The van der Waals surface area contributed by atoms with E-state index in [0.717, 1.165) is 56.2 Å². The molecule has 47 heavy (non-hydrogen) atoms. The van der Waals surface area contributed by atoms with Crippen molar-refractivity contribution in [2.45, 2.75) is 12.3 Å². The molecule has 9 rings (SSSR count). The van der Waals surface area contributed by atoms with E-state index in [9.17, 15) is 0 Å². The van der Waals surface area contributed by atoms with Gasteiger partial charge in [0.05, 0.1) is 0 Å². The smallest absolute Gasteiger partial charge is 0.164 e. The van der Waals surface area contributed by atoms with Crippen LogP contribution in [-0.4, -0.2) is 15.0 Å². The molecule has 222 valence electrons. The second-order valence-electron chi connectivity index (χ2n) is 11.9. The molecule has 0 N–H and O–H groups in total. The molecule has 1 unspecified atom stereocenters. The number of allylic oxidation sites excluding steroid dienone is 1. The summed E-state index contributed by atoms with van der Waals surface area (Å²) >= 11 is 0. The maximum Gasteiger partial charge on any atom is 0.164 e. The fourth-order valence-corrected chi connectivity index (χ4v) is 6.87.